The lowest BCUT2D eigenvalue weighted by Crippen LogP contribution is -2.46. The second kappa shape index (κ2) is 6.33. The topological polar surface area (TPSA) is 24.5 Å². The van der Waals surface area contributed by atoms with Gasteiger partial charge in [0.1, 0.15) is 0 Å². The van der Waals surface area contributed by atoms with Gasteiger partial charge in [-0.3, -0.25) is 0 Å². The Labute approximate surface area is 125 Å². The number of hydrogen-bond donors (Lipinski definition) is 1. The Morgan fingerprint density at radius 3 is 2.60 bits per heavy atom. The maximum absolute atomic E-state index is 5.73. The second-order valence-electron chi connectivity index (χ2n) is 8.42. The molecule has 3 heteroatoms. The molecule has 0 amide bonds. The first kappa shape index (κ1) is 16.3. The third kappa shape index (κ3) is 4.19. The SMILES string of the molecule is CC(C)NCC1(CN2CCC(C(C)(C)C)C2)CCOC1. The summed E-state index contributed by atoms with van der Waals surface area (Å²) >= 11 is 0. The Morgan fingerprint density at radius 1 is 1.35 bits per heavy atom. The number of ether oxygens (including phenoxy) is 1. The Kier molecular flexibility index (Phi) is 5.14. The van der Waals surface area contributed by atoms with E-state index in [9.17, 15) is 0 Å². The van der Waals surface area contributed by atoms with E-state index in [-0.39, 0.29) is 0 Å². The summed E-state index contributed by atoms with van der Waals surface area (Å²) in [5, 5.41) is 3.64. The summed E-state index contributed by atoms with van der Waals surface area (Å²) in [7, 11) is 0. The van der Waals surface area contributed by atoms with Crippen molar-refractivity contribution in [2.24, 2.45) is 16.7 Å². The van der Waals surface area contributed by atoms with E-state index < -0.39 is 0 Å². The summed E-state index contributed by atoms with van der Waals surface area (Å²) in [6.07, 6.45) is 2.57. The number of nitrogens with zero attached hydrogens (tertiary/aromatic N) is 1. The molecule has 118 valence electrons. The summed E-state index contributed by atoms with van der Waals surface area (Å²) in [5.41, 5.74) is 0.793. The zero-order valence-electron chi connectivity index (χ0n) is 14.2. The zero-order valence-corrected chi connectivity index (χ0v) is 14.2. The van der Waals surface area contributed by atoms with Crippen LogP contribution in [0.1, 0.15) is 47.5 Å². The molecule has 2 atom stereocenters. The Balaban J connectivity index is 1.89. The van der Waals surface area contributed by atoms with Crippen molar-refractivity contribution >= 4 is 0 Å². The summed E-state index contributed by atoms with van der Waals surface area (Å²) < 4.78 is 5.73. The van der Waals surface area contributed by atoms with E-state index in [0.717, 1.165) is 25.7 Å². The minimum Gasteiger partial charge on any atom is -0.381 e. The summed E-state index contributed by atoms with van der Waals surface area (Å²) in [6, 6.07) is 0.563. The van der Waals surface area contributed by atoms with Crippen molar-refractivity contribution in [3.8, 4) is 0 Å². The van der Waals surface area contributed by atoms with Crippen LogP contribution in [0.15, 0.2) is 0 Å². The van der Waals surface area contributed by atoms with Crippen molar-refractivity contribution in [3.63, 3.8) is 0 Å². The fraction of sp³-hybridized carbons (Fsp3) is 1.00. The Bertz CT molecular complexity index is 303. The first-order valence-electron chi connectivity index (χ1n) is 8.34. The van der Waals surface area contributed by atoms with E-state index in [2.05, 4.69) is 44.8 Å². The van der Waals surface area contributed by atoms with Crippen LogP contribution in [-0.4, -0.2) is 50.3 Å². The molecule has 0 aromatic carbocycles. The molecule has 0 aromatic heterocycles. The second-order valence-corrected chi connectivity index (χ2v) is 8.42. The fourth-order valence-electron chi connectivity index (χ4n) is 3.55. The van der Waals surface area contributed by atoms with E-state index in [1.165, 1.54) is 32.5 Å². The molecule has 2 heterocycles. The highest BCUT2D eigenvalue weighted by Gasteiger charge is 2.39. The van der Waals surface area contributed by atoms with Crippen LogP contribution in [0.2, 0.25) is 0 Å². The average Bonchev–Trinajstić information content (AvgIpc) is 2.96. The average molecular weight is 282 g/mol. The minimum absolute atomic E-state index is 0.344. The molecule has 0 aromatic rings. The van der Waals surface area contributed by atoms with Gasteiger partial charge in [-0.2, -0.15) is 0 Å². The monoisotopic (exact) mass is 282 g/mol. The van der Waals surface area contributed by atoms with Crippen LogP contribution in [0, 0.1) is 16.7 Å². The van der Waals surface area contributed by atoms with E-state index in [0.29, 0.717) is 16.9 Å². The van der Waals surface area contributed by atoms with Gasteiger partial charge in [-0.05, 0) is 30.7 Å². The normalized spacial score (nSPS) is 32.4. The first-order chi connectivity index (χ1) is 9.31. The van der Waals surface area contributed by atoms with Gasteiger partial charge in [-0.1, -0.05) is 34.6 Å². The third-order valence-electron chi connectivity index (χ3n) is 5.13. The molecule has 0 saturated carbocycles. The molecular weight excluding hydrogens is 248 g/mol. The van der Waals surface area contributed by atoms with Crippen molar-refractivity contribution < 1.29 is 4.74 Å². The predicted octanol–water partition coefficient (Wildman–Crippen LogP) is 2.76. The highest BCUT2D eigenvalue weighted by atomic mass is 16.5. The maximum atomic E-state index is 5.73. The smallest absolute Gasteiger partial charge is 0.0547 e. The van der Waals surface area contributed by atoms with Gasteiger partial charge in [-0.15, -0.1) is 0 Å². The van der Waals surface area contributed by atoms with Crippen molar-refractivity contribution in [2.45, 2.75) is 53.5 Å². The van der Waals surface area contributed by atoms with Gasteiger partial charge < -0.3 is 15.0 Å². The lowest BCUT2D eigenvalue weighted by molar-refractivity contribution is 0.111. The molecule has 2 aliphatic rings. The van der Waals surface area contributed by atoms with Crippen LogP contribution in [0.4, 0.5) is 0 Å². The number of rotatable bonds is 5. The molecule has 0 radical (unpaired) electrons. The third-order valence-corrected chi connectivity index (χ3v) is 5.13. The van der Waals surface area contributed by atoms with E-state index >= 15 is 0 Å². The molecule has 2 unspecified atom stereocenters. The molecule has 2 aliphatic heterocycles. The van der Waals surface area contributed by atoms with Gasteiger partial charge >= 0.3 is 0 Å². The fourth-order valence-corrected chi connectivity index (χ4v) is 3.55. The van der Waals surface area contributed by atoms with Gasteiger partial charge in [0.2, 0.25) is 0 Å². The lowest BCUT2D eigenvalue weighted by Gasteiger charge is -2.34. The standard InChI is InChI=1S/C17H34N2O/c1-14(2)18-11-17(7-9-20-13-17)12-19-8-6-15(10-19)16(3,4)5/h14-15,18H,6-13H2,1-5H3. The molecule has 20 heavy (non-hydrogen) atoms. The van der Waals surface area contributed by atoms with Crippen LogP contribution in [0.25, 0.3) is 0 Å². The summed E-state index contributed by atoms with van der Waals surface area (Å²) in [6.45, 7) is 18.3. The highest BCUT2D eigenvalue weighted by molar-refractivity contribution is 4.92. The van der Waals surface area contributed by atoms with Gasteiger partial charge in [0, 0.05) is 37.7 Å². The predicted molar refractivity (Wildman–Crippen MR) is 85.0 cm³/mol. The largest absolute Gasteiger partial charge is 0.381 e. The Morgan fingerprint density at radius 2 is 2.10 bits per heavy atom. The lowest BCUT2D eigenvalue weighted by atomic mass is 9.80. The summed E-state index contributed by atoms with van der Waals surface area (Å²) in [5.74, 6) is 0.847. The van der Waals surface area contributed by atoms with Crippen molar-refractivity contribution in [1.82, 2.24) is 10.2 Å². The van der Waals surface area contributed by atoms with Gasteiger partial charge in [0.15, 0.2) is 0 Å². The van der Waals surface area contributed by atoms with E-state index in [4.69, 9.17) is 4.74 Å². The molecule has 0 spiro atoms. The molecular formula is C17H34N2O. The molecule has 0 aliphatic carbocycles. The number of likely N-dealkylation sites (tertiary alicyclic amines) is 1. The Hall–Kier alpha value is -0.120. The van der Waals surface area contributed by atoms with E-state index in [1.54, 1.807) is 0 Å². The highest BCUT2D eigenvalue weighted by Crippen LogP contribution is 2.36. The van der Waals surface area contributed by atoms with Gasteiger partial charge in [-0.25, -0.2) is 0 Å². The van der Waals surface area contributed by atoms with Crippen LogP contribution in [-0.2, 0) is 4.74 Å². The number of hydrogen-bond acceptors (Lipinski definition) is 3. The quantitative estimate of drug-likeness (QED) is 0.839. The van der Waals surface area contributed by atoms with Crippen LogP contribution < -0.4 is 5.32 Å². The molecule has 3 nitrogen and oxygen atoms in total. The number of nitrogens with one attached hydrogen (secondary N) is 1. The molecule has 2 rings (SSSR count). The van der Waals surface area contributed by atoms with E-state index in [1.807, 2.05) is 0 Å². The van der Waals surface area contributed by atoms with Crippen molar-refractivity contribution in [2.75, 3.05) is 39.4 Å². The minimum atomic E-state index is 0.344. The van der Waals surface area contributed by atoms with Gasteiger partial charge in [0.05, 0.1) is 6.61 Å². The van der Waals surface area contributed by atoms with Crippen LogP contribution in [0.3, 0.4) is 0 Å². The van der Waals surface area contributed by atoms with Crippen molar-refractivity contribution in [1.29, 1.82) is 0 Å². The first-order valence-corrected chi connectivity index (χ1v) is 8.34. The maximum Gasteiger partial charge on any atom is 0.0547 e. The van der Waals surface area contributed by atoms with Gasteiger partial charge in [0.25, 0.3) is 0 Å². The van der Waals surface area contributed by atoms with Crippen molar-refractivity contribution in [3.05, 3.63) is 0 Å². The van der Waals surface area contributed by atoms with Crippen LogP contribution in [0.5, 0.6) is 0 Å². The zero-order chi connectivity index (χ0) is 14.8. The molecule has 1 N–H and O–H groups in total. The molecule has 0 bridgehead atoms. The van der Waals surface area contributed by atoms with Crippen LogP contribution >= 0.6 is 0 Å². The molecule has 2 saturated heterocycles. The summed E-state index contributed by atoms with van der Waals surface area (Å²) in [4.78, 5) is 2.69. The molecule has 2 fully saturated rings.